The fourth-order valence-electron chi connectivity index (χ4n) is 2.63. The lowest BCUT2D eigenvalue weighted by Crippen LogP contribution is -2.54. The molecule has 2 N–H and O–H groups in total. The average Bonchev–Trinajstić information content (AvgIpc) is 2.52. The Morgan fingerprint density at radius 1 is 1.30 bits per heavy atom. The van der Waals surface area contributed by atoms with Crippen molar-refractivity contribution in [1.29, 1.82) is 0 Å². The number of ether oxygens (including phenoxy) is 2. The molecule has 0 aromatic carbocycles. The number of urea groups is 1. The Hall–Kier alpha value is -1.50. The van der Waals surface area contributed by atoms with Gasteiger partial charge in [0.1, 0.15) is 11.3 Å². The Balaban J connectivity index is 2.81. The van der Waals surface area contributed by atoms with E-state index in [1.807, 2.05) is 55.4 Å². The summed E-state index contributed by atoms with van der Waals surface area (Å²) in [5, 5.41) is 5.55. The maximum absolute atomic E-state index is 12.6. The predicted molar refractivity (Wildman–Crippen MR) is 88.2 cm³/mol. The minimum Gasteiger partial charge on any atom is -0.444 e. The number of nitrogens with zero attached hydrogens (tertiary/aromatic N) is 1. The van der Waals surface area contributed by atoms with Crippen LogP contribution in [0, 0.1) is 0 Å². The zero-order valence-corrected chi connectivity index (χ0v) is 15.5. The van der Waals surface area contributed by atoms with Gasteiger partial charge in [-0.1, -0.05) is 0 Å². The van der Waals surface area contributed by atoms with Gasteiger partial charge in [-0.05, 0) is 55.4 Å². The molecule has 0 bridgehead atoms. The molecular formula is C16H31N3O4. The third-order valence-corrected chi connectivity index (χ3v) is 3.41. The third-order valence-electron chi connectivity index (χ3n) is 3.41. The van der Waals surface area contributed by atoms with E-state index >= 15 is 0 Å². The number of nitrogens with one attached hydrogen (secondary N) is 2. The van der Waals surface area contributed by atoms with Crippen LogP contribution < -0.4 is 10.6 Å². The zero-order chi connectivity index (χ0) is 18.0. The molecule has 23 heavy (non-hydrogen) atoms. The highest BCUT2D eigenvalue weighted by molar-refractivity contribution is 5.74. The fraction of sp³-hybridized carbons (Fsp3) is 0.875. The molecule has 1 fully saturated rings. The number of rotatable bonds is 3. The smallest absolute Gasteiger partial charge is 0.412 e. The van der Waals surface area contributed by atoms with E-state index in [1.165, 1.54) is 0 Å². The molecule has 1 heterocycles. The third kappa shape index (κ3) is 5.57. The van der Waals surface area contributed by atoms with Crippen LogP contribution in [0.1, 0.15) is 55.4 Å². The number of amides is 3. The van der Waals surface area contributed by atoms with E-state index in [1.54, 1.807) is 4.90 Å². The number of hydrogen-bond donors (Lipinski definition) is 2. The Labute approximate surface area is 139 Å². The van der Waals surface area contributed by atoms with Crippen LogP contribution in [0.2, 0.25) is 0 Å². The van der Waals surface area contributed by atoms with Gasteiger partial charge in [-0.15, -0.1) is 0 Å². The van der Waals surface area contributed by atoms with Crippen LogP contribution in [0.4, 0.5) is 9.59 Å². The quantitative estimate of drug-likeness (QED) is 0.833. The van der Waals surface area contributed by atoms with Crippen molar-refractivity contribution in [3.63, 3.8) is 0 Å². The summed E-state index contributed by atoms with van der Waals surface area (Å²) in [5.74, 6) is 0. The molecule has 3 amide bonds. The van der Waals surface area contributed by atoms with Crippen molar-refractivity contribution in [2.75, 3.05) is 6.54 Å². The highest BCUT2D eigenvalue weighted by Gasteiger charge is 2.49. The van der Waals surface area contributed by atoms with Gasteiger partial charge < -0.3 is 20.1 Å². The largest absolute Gasteiger partial charge is 0.444 e. The zero-order valence-electron chi connectivity index (χ0n) is 15.5. The van der Waals surface area contributed by atoms with Crippen molar-refractivity contribution in [2.45, 2.75) is 84.9 Å². The van der Waals surface area contributed by atoms with E-state index < -0.39 is 17.4 Å². The first-order valence-corrected chi connectivity index (χ1v) is 8.08. The summed E-state index contributed by atoms with van der Waals surface area (Å²) >= 11 is 0. The van der Waals surface area contributed by atoms with Crippen LogP contribution in [0.15, 0.2) is 0 Å². The summed E-state index contributed by atoms with van der Waals surface area (Å²) in [6.45, 7) is 15.1. The van der Waals surface area contributed by atoms with E-state index in [-0.39, 0.29) is 24.2 Å². The van der Waals surface area contributed by atoms with Crippen LogP contribution in [-0.2, 0) is 9.47 Å². The van der Waals surface area contributed by atoms with Crippen molar-refractivity contribution in [3.05, 3.63) is 0 Å². The SMILES string of the molecule is CC(C)NC(=O)NCC1C(C)OC(C)(C)N1C(=O)OC(C)(C)C. The second kappa shape index (κ2) is 6.95. The van der Waals surface area contributed by atoms with Gasteiger partial charge in [0.2, 0.25) is 0 Å². The van der Waals surface area contributed by atoms with Gasteiger partial charge in [-0.25, -0.2) is 9.59 Å². The molecule has 0 saturated carbocycles. The molecule has 1 saturated heterocycles. The molecule has 0 radical (unpaired) electrons. The predicted octanol–water partition coefficient (Wildman–Crippen LogP) is 2.45. The first-order valence-electron chi connectivity index (χ1n) is 8.08. The maximum Gasteiger partial charge on any atom is 0.412 e. The van der Waals surface area contributed by atoms with Crippen molar-refractivity contribution >= 4 is 12.1 Å². The molecule has 7 nitrogen and oxygen atoms in total. The molecule has 7 heteroatoms. The number of hydrogen-bond acceptors (Lipinski definition) is 4. The van der Waals surface area contributed by atoms with Crippen molar-refractivity contribution < 1.29 is 19.1 Å². The Morgan fingerprint density at radius 2 is 1.87 bits per heavy atom. The standard InChI is InChI=1S/C16H31N3O4/c1-10(2)18-13(20)17-9-12-11(3)22-16(7,8)19(12)14(21)23-15(4,5)6/h10-12H,9H2,1-8H3,(H2,17,18,20). The molecule has 1 aliphatic rings. The molecule has 134 valence electrons. The highest BCUT2D eigenvalue weighted by atomic mass is 16.6. The summed E-state index contributed by atoms with van der Waals surface area (Å²) in [4.78, 5) is 25.9. The minimum absolute atomic E-state index is 0.0469. The summed E-state index contributed by atoms with van der Waals surface area (Å²) in [6.07, 6.45) is -0.653. The lowest BCUT2D eigenvalue weighted by atomic mass is 10.1. The van der Waals surface area contributed by atoms with E-state index in [2.05, 4.69) is 10.6 Å². The molecule has 2 atom stereocenters. The number of carbonyl (C=O) groups is 2. The Morgan fingerprint density at radius 3 is 2.35 bits per heavy atom. The van der Waals surface area contributed by atoms with Gasteiger partial charge in [0.05, 0.1) is 12.1 Å². The minimum atomic E-state index is -0.789. The second-order valence-electron chi connectivity index (χ2n) is 7.70. The van der Waals surface area contributed by atoms with Crippen molar-refractivity contribution in [3.8, 4) is 0 Å². The first-order chi connectivity index (χ1) is 10.3. The van der Waals surface area contributed by atoms with Crippen LogP contribution in [0.5, 0.6) is 0 Å². The van der Waals surface area contributed by atoms with E-state index in [9.17, 15) is 9.59 Å². The topological polar surface area (TPSA) is 79.9 Å². The summed E-state index contributed by atoms with van der Waals surface area (Å²) in [7, 11) is 0. The van der Waals surface area contributed by atoms with Gasteiger partial charge in [-0.3, -0.25) is 4.90 Å². The molecule has 0 aromatic rings. The van der Waals surface area contributed by atoms with Gasteiger partial charge in [-0.2, -0.15) is 0 Å². The number of carbonyl (C=O) groups excluding carboxylic acids is 2. The summed E-state index contributed by atoms with van der Waals surface area (Å²) in [6, 6.07) is -0.510. The normalized spacial score (nSPS) is 23.8. The van der Waals surface area contributed by atoms with Crippen LogP contribution in [-0.4, -0.2) is 53.1 Å². The lowest BCUT2D eigenvalue weighted by molar-refractivity contribution is -0.0756. The van der Waals surface area contributed by atoms with Crippen molar-refractivity contribution in [2.24, 2.45) is 0 Å². The average molecular weight is 329 g/mol. The van der Waals surface area contributed by atoms with Gasteiger partial charge >= 0.3 is 12.1 Å². The van der Waals surface area contributed by atoms with E-state index in [0.717, 1.165) is 0 Å². The fourth-order valence-corrected chi connectivity index (χ4v) is 2.63. The van der Waals surface area contributed by atoms with Crippen LogP contribution in [0.25, 0.3) is 0 Å². The van der Waals surface area contributed by atoms with Crippen LogP contribution in [0.3, 0.4) is 0 Å². The molecule has 1 rings (SSSR count). The van der Waals surface area contributed by atoms with E-state index in [0.29, 0.717) is 6.54 Å². The molecule has 0 aromatic heterocycles. The van der Waals surface area contributed by atoms with Gasteiger partial charge in [0.15, 0.2) is 0 Å². The molecular weight excluding hydrogens is 298 g/mol. The van der Waals surface area contributed by atoms with E-state index in [4.69, 9.17) is 9.47 Å². The Bertz CT molecular complexity index is 443. The first kappa shape index (κ1) is 19.5. The maximum atomic E-state index is 12.6. The molecule has 2 unspecified atom stereocenters. The highest BCUT2D eigenvalue weighted by Crippen LogP contribution is 2.33. The summed E-state index contributed by atoms with van der Waals surface area (Å²) in [5.41, 5.74) is -1.38. The van der Waals surface area contributed by atoms with Gasteiger partial charge in [0, 0.05) is 12.6 Å². The molecule has 0 spiro atoms. The second-order valence-corrected chi connectivity index (χ2v) is 7.70. The molecule has 0 aliphatic carbocycles. The van der Waals surface area contributed by atoms with Crippen LogP contribution >= 0.6 is 0 Å². The summed E-state index contributed by atoms with van der Waals surface area (Å²) < 4.78 is 11.4. The van der Waals surface area contributed by atoms with Gasteiger partial charge in [0.25, 0.3) is 0 Å². The van der Waals surface area contributed by atoms with Crippen molar-refractivity contribution in [1.82, 2.24) is 15.5 Å². The molecule has 1 aliphatic heterocycles. The Kier molecular flexibility index (Phi) is 5.90. The lowest BCUT2D eigenvalue weighted by Gasteiger charge is -2.35. The monoisotopic (exact) mass is 329 g/mol.